The molecule has 0 spiro atoms. The number of methoxy groups -OCH3 is 1. The number of aliphatic hydroxyl groups excluding tert-OH is 2. The third-order valence-electron chi connectivity index (χ3n) is 8.62. The van der Waals surface area contributed by atoms with Crippen LogP contribution in [-0.4, -0.2) is 121 Å². The van der Waals surface area contributed by atoms with Crippen molar-refractivity contribution in [2.24, 2.45) is 0 Å². The number of hydrogen-bond donors (Lipinski definition) is 8. The number of nitrogen functional groups attached to an aromatic ring is 1. The smallest absolute Gasteiger partial charge is 0.387 e. The van der Waals surface area contributed by atoms with Crippen LogP contribution in [0.25, 0.3) is 22.3 Å². The van der Waals surface area contributed by atoms with Crippen molar-refractivity contribution < 1.29 is 61.8 Å². The second-order valence-electron chi connectivity index (χ2n) is 12.1. The Morgan fingerprint density at radius 2 is 1.57 bits per heavy atom. The lowest BCUT2D eigenvalue weighted by Crippen LogP contribution is -2.38. The van der Waals surface area contributed by atoms with Gasteiger partial charge in [-0.2, -0.15) is 4.98 Å². The topological polar surface area (TPSA) is 336 Å². The second-order valence-corrected chi connectivity index (χ2v) is 14.7. The highest BCUT2D eigenvalue weighted by atomic mass is 31.2. The summed E-state index contributed by atoms with van der Waals surface area (Å²) in [6.07, 6.45) is -7.82. The van der Waals surface area contributed by atoms with E-state index < -0.39 is 83.5 Å². The number of aromatic nitrogens is 8. The molecule has 0 saturated carbocycles. The van der Waals surface area contributed by atoms with Crippen molar-refractivity contribution in [1.82, 2.24) is 39.0 Å². The van der Waals surface area contributed by atoms with E-state index in [-0.39, 0.29) is 22.8 Å². The molecule has 2 saturated heterocycles. The zero-order valence-corrected chi connectivity index (χ0v) is 29.7. The van der Waals surface area contributed by atoms with Gasteiger partial charge in [-0.1, -0.05) is 30.3 Å². The summed E-state index contributed by atoms with van der Waals surface area (Å²) in [5, 5.41) is 24.7. The van der Waals surface area contributed by atoms with Crippen LogP contribution in [0.4, 0.5) is 11.8 Å². The van der Waals surface area contributed by atoms with Gasteiger partial charge >= 0.3 is 15.6 Å². The average Bonchev–Trinajstić information content (AvgIpc) is 3.89. The normalized spacial score (nSPS) is 27.1. The molecule has 6 heterocycles. The lowest BCUT2D eigenvalue weighted by atomic mass is 10.1. The van der Waals surface area contributed by atoms with E-state index in [1.54, 1.807) is 0 Å². The van der Waals surface area contributed by atoms with Crippen molar-refractivity contribution in [1.29, 1.82) is 0 Å². The maximum Gasteiger partial charge on any atom is 0.472 e. The van der Waals surface area contributed by atoms with Crippen molar-refractivity contribution in [3.63, 3.8) is 0 Å². The molecule has 9 unspecified atom stereocenters. The van der Waals surface area contributed by atoms with Crippen LogP contribution in [0.3, 0.4) is 0 Å². The molecule has 2 aliphatic rings. The molecule has 1 aromatic carbocycles. The average molecular weight is 797 g/mol. The zero-order chi connectivity index (χ0) is 38.4. The number of phosphoric acid groups is 2. The van der Waals surface area contributed by atoms with Crippen molar-refractivity contribution in [2.75, 3.05) is 31.4 Å². The molecule has 26 heteroatoms. The number of nitrogens with zero attached hydrogens (tertiary/aromatic N) is 7. The fraction of sp³-hybridized carbons (Fsp3) is 0.429. The minimum Gasteiger partial charge on any atom is -0.387 e. The van der Waals surface area contributed by atoms with Gasteiger partial charge in [0.25, 0.3) is 5.56 Å². The summed E-state index contributed by atoms with van der Waals surface area (Å²) in [6.45, 7) is -1.22. The van der Waals surface area contributed by atoms with Gasteiger partial charge < -0.3 is 50.2 Å². The number of phosphoric ester groups is 2. The molecule has 5 aromatic rings. The van der Waals surface area contributed by atoms with Gasteiger partial charge in [0.05, 0.1) is 25.9 Å². The SMILES string of the molecule is COC1C(OP(=O)(O)OCC2OC(n3cnc4c(=O)[nH]c(N)nc43)C(O)C2O)C(COP(=O)(O)O)OC1n1cnc2c(NCc3ccccc3)ncnc21. The maximum absolute atomic E-state index is 13.4. The number of benzene rings is 1. The number of imidazole rings is 2. The Balaban J connectivity index is 1.08. The minimum absolute atomic E-state index is 0.0630. The first-order valence-corrected chi connectivity index (χ1v) is 19.0. The summed E-state index contributed by atoms with van der Waals surface area (Å²) in [6, 6.07) is 9.52. The number of nitrogens with two attached hydrogens (primary N) is 1. The van der Waals surface area contributed by atoms with Gasteiger partial charge in [0, 0.05) is 13.7 Å². The quantitative estimate of drug-likeness (QED) is 0.0644. The number of hydrogen-bond acceptors (Lipinski definition) is 18. The van der Waals surface area contributed by atoms with Gasteiger partial charge in [0.2, 0.25) is 5.95 Å². The molecule has 9 N–H and O–H groups in total. The third kappa shape index (κ3) is 7.79. The van der Waals surface area contributed by atoms with Gasteiger partial charge in [-0.15, -0.1) is 0 Å². The molecule has 0 amide bonds. The maximum atomic E-state index is 13.4. The number of H-pyrrole nitrogens is 1. The number of aromatic amines is 1. The third-order valence-corrected chi connectivity index (χ3v) is 10.1. The summed E-state index contributed by atoms with van der Waals surface area (Å²) in [4.78, 5) is 65.1. The Labute approximate surface area is 302 Å². The monoisotopic (exact) mass is 796 g/mol. The van der Waals surface area contributed by atoms with Crippen LogP contribution in [0.15, 0.2) is 54.1 Å². The number of aliphatic hydroxyl groups is 2. The summed E-state index contributed by atoms with van der Waals surface area (Å²) < 4.78 is 60.3. The number of anilines is 2. The molecule has 9 atom stereocenters. The molecule has 0 bridgehead atoms. The van der Waals surface area contributed by atoms with Gasteiger partial charge in [0.1, 0.15) is 43.0 Å². The lowest BCUT2D eigenvalue weighted by Gasteiger charge is -2.26. The number of nitrogens with one attached hydrogen (secondary N) is 2. The molecule has 2 aliphatic heterocycles. The second kappa shape index (κ2) is 15.1. The van der Waals surface area contributed by atoms with Gasteiger partial charge in [-0.3, -0.25) is 32.5 Å². The first kappa shape index (κ1) is 38.0. The molecule has 0 aliphatic carbocycles. The standard InChI is InChI=1S/C28H34N10O14P2/c1-47-21-20(52-54(45,46)49-8-14-18(39)19(40)26(50-14)38-12-34-17-24(38)35-28(29)36-25(17)41)15(9-48-53(42,43)44)51-27(21)37-11-33-16-22(31-10-32-23(16)37)30-7-13-5-3-2-4-6-13/h2-6,10-12,14-15,18-21,26-27,39-40H,7-9H2,1H3,(H,45,46)(H,30,31,32)(H2,42,43,44)(H3,29,35,36,41). The van der Waals surface area contributed by atoms with Crippen LogP contribution >= 0.6 is 15.6 Å². The van der Waals surface area contributed by atoms with Gasteiger partial charge in [-0.05, 0) is 5.56 Å². The molecule has 4 aromatic heterocycles. The molecule has 24 nitrogen and oxygen atoms in total. The lowest BCUT2D eigenvalue weighted by molar-refractivity contribution is -0.0582. The number of ether oxygens (including phenoxy) is 3. The van der Waals surface area contributed by atoms with Crippen LogP contribution in [0.1, 0.15) is 18.0 Å². The van der Waals surface area contributed by atoms with Crippen molar-refractivity contribution >= 4 is 49.7 Å². The summed E-state index contributed by atoms with van der Waals surface area (Å²) >= 11 is 0. The molecule has 54 heavy (non-hydrogen) atoms. The van der Waals surface area contributed by atoms with Crippen LogP contribution in [0.5, 0.6) is 0 Å². The van der Waals surface area contributed by atoms with Crippen LogP contribution in [0.2, 0.25) is 0 Å². The summed E-state index contributed by atoms with van der Waals surface area (Å²) in [5.74, 6) is 0.142. The molecular formula is C28H34N10O14P2. The highest BCUT2D eigenvalue weighted by molar-refractivity contribution is 7.47. The van der Waals surface area contributed by atoms with E-state index in [2.05, 4.69) is 39.7 Å². The predicted molar refractivity (Wildman–Crippen MR) is 181 cm³/mol. The predicted octanol–water partition coefficient (Wildman–Crippen LogP) is -0.703. The Bertz CT molecular complexity index is 2270. The Morgan fingerprint density at radius 3 is 2.30 bits per heavy atom. The number of rotatable bonds is 14. The Hall–Kier alpha value is -4.26. The fourth-order valence-electron chi connectivity index (χ4n) is 6.14. The highest BCUT2D eigenvalue weighted by Gasteiger charge is 2.52. The van der Waals surface area contributed by atoms with Crippen LogP contribution in [-0.2, 0) is 43.5 Å². The molecule has 0 radical (unpaired) electrons. The largest absolute Gasteiger partial charge is 0.472 e. The van der Waals surface area contributed by atoms with E-state index in [1.165, 1.54) is 24.3 Å². The van der Waals surface area contributed by atoms with Crippen molar-refractivity contribution in [3.8, 4) is 0 Å². The summed E-state index contributed by atoms with van der Waals surface area (Å²) in [5.41, 5.74) is 6.35. The van der Waals surface area contributed by atoms with Gasteiger partial charge in [-0.25, -0.2) is 29.1 Å². The van der Waals surface area contributed by atoms with Crippen LogP contribution in [0, 0.1) is 0 Å². The summed E-state index contributed by atoms with van der Waals surface area (Å²) in [7, 11) is -8.98. The Kier molecular flexibility index (Phi) is 10.6. The molecule has 2 fully saturated rings. The van der Waals surface area contributed by atoms with E-state index in [9.17, 15) is 38.8 Å². The van der Waals surface area contributed by atoms with E-state index in [0.717, 1.165) is 16.5 Å². The first-order valence-electron chi connectivity index (χ1n) is 16.0. The van der Waals surface area contributed by atoms with Gasteiger partial charge in [0.15, 0.2) is 40.6 Å². The van der Waals surface area contributed by atoms with E-state index in [4.69, 9.17) is 29.0 Å². The first-order chi connectivity index (χ1) is 25.7. The number of fused-ring (bicyclic) bond motifs is 2. The fourth-order valence-corrected chi connectivity index (χ4v) is 7.44. The highest BCUT2D eigenvalue weighted by Crippen LogP contribution is 2.50. The molecule has 7 rings (SSSR count). The zero-order valence-electron chi connectivity index (χ0n) is 27.9. The van der Waals surface area contributed by atoms with Crippen molar-refractivity contribution in [2.45, 2.75) is 55.6 Å². The molecular weight excluding hydrogens is 762 g/mol. The van der Waals surface area contributed by atoms with E-state index >= 15 is 0 Å². The van der Waals surface area contributed by atoms with E-state index in [1.807, 2.05) is 30.3 Å². The Morgan fingerprint density at radius 1 is 0.889 bits per heavy atom. The van der Waals surface area contributed by atoms with Crippen LogP contribution < -0.4 is 16.6 Å². The van der Waals surface area contributed by atoms with E-state index in [0.29, 0.717) is 17.9 Å². The van der Waals surface area contributed by atoms with Crippen molar-refractivity contribution in [3.05, 3.63) is 65.2 Å². The minimum atomic E-state index is -5.16. The molecule has 290 valence electrons.